The molecule has 36 heavy (non-hydrogen) atoms. The van der Waals surface area contributed by atoms with Crippen LogP contribution >= 0.6 is 0 Å². The van der Waals surface area contributed by atoms with Crippen LogP contribution in [0.15, 0.2) is 30.7 Å². The SMILES string of the molecule is Cn1cc2cc(NC(=O)c3cnc(N4CC[C@@H](NC5CC5)C4)cn3)c(OCC3CCOCC3)cc2n1. The van der Waals surface area contributed by atoms with Crippen LogP contribution in [0.5, 0.6) is 5.75 Å². The van der Waals surface area contributed by atoms with Crippen molar-refractivity contribution in [1.82, 2.24) is 25.1 Å². The van der Waals surface area contributed by atoms with Crippen molar-refractivity contribution in [1.29, 1.82) is 0 Å². The first-order valence-corrected chi connectivity index (χ1v) is 12.9. The van der Waals surface area contributed by atoms with Crippen LogP contribution in [0.25, 0.3) is 10.9 Å². The standard InChI is InChI=1S/C26H33N7O3/c1-32-14-18-10-22(24(11-21(18)31-32)36-16-17-5-8-35-9-6-17)30-26(34)23-12-28-25(13-27-23)33-7-4-20(15-33)29-19-2-3-19/h10-14,17,19-20,29H,2-9,15-16H2,1H3,(H,30,34)/t20-/m1/s1. The minimum absolute atomic E-state index is 0.271. The number of nitrogens with one attached hydrogen (secondary N) is 2. The molecule has 3 fully saturated rings. The molecule has 0 unspecified atom stereocenters. The highest BCUT2D eigenvalue weighted by atomic mass is 16.5. The molecule has 190 valence electrons. The largest absolute Gasteiger partial charge is 0.491 e. The van der Waals surface area contributed by atoms with E-state index in [4.69, 9.17) is 9.47 Å². The van der Waals surface area contributed by atoms with E-state index in [9.17, 15) is 4.79 Å². The Bertz CT molecular complexity index is 1220. The molecule has 3 aliphatic rings. The number of carbonyl (C=O) groups excluding carboxylic acids is 1. The summed E-state index contributed by atoms with van der Waals surface area (Å²) >= 11 is 0. The molecule has 0 radical (unpaired) electrons. The molecule has 1 amide bonds. The van der Waals surface area contributed by atoms with Crippen molar-refractivity contribution >= 4 is 28.3 Å². The zero-order chi connectivity index (χ0) is 24.5. The van der Waals surface area contributed by atoms with Crippen molar-refractivity contribution in [3.8, 4) is 5.75 Å². The molecule has 0 bridgehead atoms. The van der Waals surface area contributed by atoms with Crippen molar-refractivity contribution in [3.63, 3.8) is 0 Å². The Kier molecular flexibility index (Phi) is 6.45. The molecule has 2 N–H and O–H groups in total. The van der Waals surface area contributed by atoms with Gasteiger partial charge in [-0.2, -0.15) is 5.10 Å². The van der Waals surface area contributed by atoms with Gasteiger partial charge in [-0.05, 0) is 44.1 Å². The minimum atomic E-state index is -0.317. The van der Waals surface area contributed by atoms with E-state index >= 15 is 0 Å². The third-order valence-corrected chi connectivity index (χ3v) is 7.22. The molecule has 2 aromatic heterocycles. The van der Waals surface area contributed by atoms with Gasteiger partial charge in [-0.3, -0.25) is 9.48 Å². The number of benzene rings is 1. The molecular formula is C26H33N7O3. The maximum Gasteiger partial charge on any atom is 0.275 e. The van der Waals surface area contributed by atoms with Gasteiger partial charge < -0.3 is 25.0 Å². The van der Waals surface area contributed by atoms with E-state index in [0.717, 1.165) is 62.3 Å². The molecule has 1 aliphatic carbocycles. The van der Waals surface area contributed by atoms with Gasteiger partial charge in [0.2, 0.25) is 0 Å². The number of aryl methyl sites for hydroxylation is 1. The maximum absolute atomic E-state index is 13.1. The van der Waals surface area contributed by atoms with Crippen molar-refractivity contribution in [2.24, 2.45) is 13.0 Å². The van der Waals surface area contributed by atoms with Crippen LogP contribution in [0.4, 0.5) is 11.5 Å². The highest BCUT2D eigenvalue weighted by Gasteiger charge is 2.30. The summed E-state index contributed by atoms with van der Waals surface area (Å²) in [5.74, 6) is 1.54. The molecule has 10 nitrogen and oxygen atoms in total. The Morgan fingerprint density at radius 2 is 1.97 bits per heavy atom. The number of carbonyl (C=O) groups is 1. The van der Waals surface area contributed by atoms with Crippen molar-refractivity contribution in [2.45, 2.75) is 44.2 Å². The molecular weight excluding hydrogens is 458 g/mol. The summed E-state index contributed by atoms with van der Waals surface area (Å²) in [7, 11) is 1.88. The minimum Gasteiger partial charge on any atom is -0.491 e. The van der Waals surface area contributed by atoms with Crippen LogP contribution in [-0.2, 0) is 11.8 Å². The van der Waals surface area contributed by atoms with Crippen LogP contribution in [-0.4, -0.2) is 70.6 Å². The van der Waals surface area contributed by atoms with Crippen molar-refractivity contribution in [2.75, 3.05) is 43.1 Å². The van der Waals surface area contributed by atoms with Gasteiger partial charge in [0, 0.05) is 63.1 Å². The van der Waals surface area contributed by atoms with E-state index in [1.807, 2.05) is 25.4 Å². The molecule has 1 atom stereocenters. The molecule has 2 saturated heterocycles. The van der Waals surface area contributed by atoms with Gasteiger partial charge in [-0.25, -0.2) is 9.97 Å². The van der Waals surface area contributed by atoms with Gasteiger partial charge in [0.15, 0.2) is 0 Å². The predicted molar refractivity (Wildman–Crippen MR) is 137 cm³/mol. The number of rotatable bonds is 8. The van der Waals surface area contributed by atoms with E-state index in [1.54, 1.807) is 17.1 Å². The van der Waals surface area contributed by atoms with E-state index in [1.165, 1.54) is 12.8 Å². The Hall–Kier alpha value is -3.24. The molecule has 1 aromatic carbocycles. The Labute approximate surface area is 210 Å². The van der Waals surface area contributed by atoms with E-state index in [2.05, 4.69) is 30.6 Å². The predicted octanol–water partition coefficient (Wildman–Crippen LogP) is 2.75. The number of amides is 1. The lowest BCUT2D eigenvalue weighted by molar-refractivity contribution is 0.0499. The summed E-state index contributed by atoms with van der Waals surface area (Å²) in [5, 5.41) is 12.1. The molecule has 0 spiro atoms. The van der Waals surface area contributed by atoms with Gasteiger partial charge in [0.05, 0.1) is 30.2 Å². The number of hydrogen-bond donors (Lipinski definition) is 2. The second-order valence-electron chi connectivity index (χ2n) is 10.2. The summed E-state index contributed by atoms with van der Waals surface area (Å²) in [5.41, 5.74) is 1.70. The Balaban J connectivity index is 1.14. The summed E-state index contributed by atoms with van der Waals surface area (Å²) in [6.45, 7) is 3.98. The summed E-state index contributed by atoms with van der Waals surface area (Å²) in [6, 6.07) is 4.99. The third-order valence-electron chi connectivity index (χ3n) is 7.22. The first kappa shape index (κ1) is 23.2. The van der Waals surface area contributed by atoms with Gasteiger partial charge in [0.25, 0.3) is 5.91 Å². The number of anilines is 2. The van der Waals surface area contributed by atoms with Crippen LogP contribution in [0, 0.1) is 5.92 Å². The maximum atomic E-state index is 13.1. The third kappa shape index (κ3) is 5.29. The van der Waals surface area contributed by atoms with E-state index in [-0.39, 0.29) is 11.6 Å². The Morgan fingerprint density at radius 3 is 2.75 bits per heavy atom. The zero-order valence-electron chi connectivity index (χ0n) is 20.7. The fourth-order valence-corrected chi connectivity index (χ4v) is 4.99. The van der Waals surface area contributed by atoms with Gasteiger partial charge in [0.1, 0.15) is 17.3 Å². The molecule has 3 aromatic rings. The van der Waals surface area contributed by atoms with Gasteiger partial charge in [-0.1, -0.05) is 0 Å². The second-order valence-corrected chi connectivity index (χ2v) is 10.2. The molecule has 10 heteroatoms. The second kappa shape index (κ2) is 10.0. The van der Waals surface area contributed by atoms with Crippen molar-refractivity contribution in [3.05, 3.63) is 36.4 Å². The fraction of sp³-hybridized carbons (Fsp3) is 0.538. The summed E-state index contributed by atoms with van der Waals surface area (Å²) < 4.78 is 13.4. The van der Waals surface area contributed by atoms with Crippen molar-refractivity contribution < 1.29 is 14.3 Å². The lowest BCUT2D eigenvalue weighted by Crippen LogP contribution is -2.34. The first-order valence-electron chi connectivity index (χ1n) is 12.9. The lowest BCUT2D eigenvalue weighted by atomic mass is 10.0. The number of ether oxygens (including phenoxy) is 2. The average Bonchev–Trinajstić information content (AvgIpc) is 3.45. The molecule has 6 rings (SSSR count). The number of fused-ring (bicyclic) bond motifs is 1. The lowest BCUT2D eigenvalue weighted by Gasteiger charge is -2.23. The number of nitrogens with zero attached hydrogens (tertiary/aromatic N) is 5. The van der Waals surface area contributed by atoms with E-state index < -0.39 is 0 Å². The summed E-state index contributed by atoms with van der Waals surface area (Å²) in [6.07, 6.45) is 10.8. The molecule has 1 saturated carbocycles. The fourth-order valence-electron chi connectivity index (χ4n) is 4.99. The smallest absolute Gasteiger partial charge is 0.275 e. The average molecular weight is 492 g/mol. The van der Waals surface area contributed by atoms with Crippen LogP contribution in [0.1, 0.15) is 42.6 Å². The molecule has 2 aliphatic heterocycles. The van der Waals surface area contributed by atoms with Crippen LogP contribution < -0.4 is 20.3 Å². The zero-order valence-corrected chi connectivity index (χ0v) is 20.7. The monoisotopic (exact) mass is 491 g/mol. The Morgan fingerprint density at radius 1 is 1.11 bits per heavy atom. The van der Waals surface area contributed by atoms with E-state index in [0.29, 0.717) is 36.0 Å². The highest BCUT2D eigenvalue weighted by molar-refractivity contribution is 6.04. The quantitative estimate of drug-likeness (QED) is 0.496. The van der Waals surface area contributed by atoms with Gasteiger partial charge >= 0.3 is 0 Å². The first-order chi connectivity index (χ1) is 17.6. The topological polar surface area (TPSA) is 106 Å². The molecule has 4 heterocycles. The number of aromatic nitrogens is 4. The summed E-state index contributed by atoms with van der Waals surface area (Å²) in [4.78, 5) is 24.3. The van der Waals surface area contributed by atoms with Gasteiger partial charge in [-0.15, -0.1) is 0 Å². The van der Waals surface area contributed by atoms with Crippen LogP contribution in [0.2, 0.25) is 0 Å². The normalized spacial score (nSPS) is 20.7. The van der Waals surface area contributed by atoms with Crippen LogP contribution in [0.3, 0.4) is 0 Å². The number of hydrogen-bond acceptors (Lipinski definition) is 8. The highest BCUT2D eigenvalue weighted by Crippen LogP contribution is 2.31.